The van der Waals surface area contributed by atoms with Crippen LogP contribution in [0.2, 0.25) is 5.02 Å². The lowest BCUT2D eigenvalue weighted by molar-refractivity contribution is -0.141. The third-order valence-electron chi connectivity index (χ3n) is 5.33. The molecule has 0 fully saturated rings. The third-order valence-corrected chi connectivity index (χ3v) is 5.58. The van der Waals surface area contributed by atoms with E-state index in [1.165, 1.54) is 0 Å². The summed E-state index contributed by atoms with van der Waals surface area (Å²) in [7, 11) is 1.56. The molecular formula is C24H23ClN2O4. The molecule has 1 aliphatic rings. The molecule has 0 bridgehead atoms. The number of amides is 1. The highest BCUT2D eigenvalue weighted by atomic mass is 35.5. The molecule has 0 aliphatic carbocycles. The Bertz CT molecular complexity index is 1040. The van der Waals surface area contributed by atoms with Crippen LogP contribution in [0.4, 0.5) is 0 Å². The number of carbonyl (C=O) groups is 2. The van der Waals surface area contributed by atoms with Crippen LogP contribution in [-0.4, -0.2) is 37.0 Å². The summed E-state index contributed by atoms with van der Waals surface area (Å²) in [5.41, 5.74) is 2.87. The van der Waals surface area contributed by atoms with Gasteiger partial charge in [0.15, 0.2) is 0 Å². The Morgan fingerprint density at radius 3 is 2.61 bits per heavy atom. The van der Waals surface area contributed by atoms with Crippen LogP contribution in [0, 0.1) is 11.3 Å². The number of hydrogen-bond acceptors (Lipinski definition) is 5. The highest BCUT2D eigenvalue weighted by molar-refractivity contribution is 6.30. The number of hydrogen-bond donors (Lipinski definition) is 0. The summed E-state index contributed by atoms with van der Waals surface area (Å²) < 4.78 is 10.7. The molecule has 31 heavy (non-hydrogen) atoms. The molecule has 0 saturated heterocycles. The molecule has 0 saturated carbocycles. The summed E-state index contributed by atoms with van der Waals surface area (Å²) in [6, 6.07) is 16.2. The molecule has 0 radical (unpaired) electrons. The van der Waals surface area contributed by atoms with Gasteiger partial charge >= 0.3 is 5.97 Å². The third kappa shape index (κ3) is 5.13. The summed E-state index contributed by atoms with van der Waals surface area (Å²) in [6.07, 6.45) is 0.141. The molecule has 1 aliphatic heterocycles. The molecule has 2 aromatic carbocycles. The molecule has 1 unspecified atom stereocenters. The second-order valence-electron chi connectivity index (χ2n) is 7.19. The Morgan fingerprint density at radius 1 is 1.23 bits per heavy atom. The van der Waals surface area contributed by atoms with Crippen LogP contribution in [-0.2, 0) is 25.7 Å². The first kappa shape index (κ1) is 22.5. The van der Waals surface area contributed by atoms with Crippen molar-refractivity contribution in [3.8, 4) is 6.07 Å². The van der Waals surface area contributed by atoms with Crippen molar-refractivity contribution < 1.29 is 19.1 Å². The number of esters is 1. The Kier molecular flexibility index (Phi) is 7.45. The number of benzene rings is 2. The predicted molar refractivity (Wildman–Crippen MR) is 116 cm³/mol. The first-order valence-corrected chi connectivity index (χ1v) is 10.2. The van der Waals surface area contributed by atoms with E-state index < -0.39 is 11.9 Å². The molecule has 0 aromatic heterocycles. The lowest BCUT2D eigenvalue weighted by Gasteiger charge is -2.34. The molecule has 6 nitrogen and oxygen atoms in total. The SMILES string of the molecule is COCCN1C(=O)CC(c2ccc(Cl)cc2)C(C(=O)OCc2ccccc2C#N)=C1C. The summed E-state index contributed by atoms with van der Waals surface area (Å²) in [5, 5.41) is 9.84. The van der Waals surface area contributed by atoms with E-state index in [-0.39, 0.29) is 18.9 Å². The van der Waals surface area contributed by atoms with E-state index in [0.29, 0.717) is 40.6 Å². The first-order chi connectivity index (χ1) is 15.0. The normalized spacial score (nSPS) is 16.3. The zero-order valence-corrected chi connectivity index (χ0v) is 18.2. The molecule has 7 heteroatoms. The summed E-state index contributed by atoms with van der Waals surface area (Å²) in [6.45, 7) is 2.42. The quantitative estimate of drug-likeness (QED) is 0.605. The van der Waals surface area contributed by atoms with Crippen LogP contribution in [0.15, 0.2) is 59.8 Å². The highest BCUT2D eigenvalue weighted by Crippen LogP contribution is 2.37. The lowest BCUT2D eigenvalue weighted by atomic mass is 9.83. The second kappa shape index (κ2) is 10.3. The number of halogens is 1. The van der Waals surface area contributed by atoms with Gasteiger partial charge in [0, 0.05) is 42.3 Å². The van der Waals surface area contributed by atoms with Gasteiger partial charge in [-0.3, -0.25) is 4.79 Å². The van der Waals surface area contributed by atoms with Crippen molar-refractivity contribution >= 4 is 23.5 Å². The van der Waals surface area contributed by atoms with Crippen LogP contribution in [0.25, 0.3) is 0 Å². The minimum atomic E-state index is -0.514. The van der Waals surface area contributed by atoms with E-state index in [1.807, 2.05) is 12.1 Å². The summed E-state index contributed by atoms with van der Waals surface area (Å²) in [5.74, 6) is -1.04. The molecule has 1 atom stereocenters. The fourth-order valence-corrected chi connectivity index (χ4v) is 3.82. The molecule has 160 valence electrons. The average Bonchev–Trinajstić information content (AvgIpc) is 2.77. The molecule has 0 N–H and O–H groups in total. The second-order valence-corrected chi connectivity index (χ2v) is 7.63. The van der Waals surface area contributed by atoms with Gasteiger partial charge in [-0.15, -0.1) is 0 Å². The van der Waals surface area contributed by atoms with Crippen molar-refractivity contribution in [3.63, 3.8) is 0 Å². The van der Waals surface area contributed by atoms with Gasteiger partial charge in [-0.1, -0.05) is 41.9 Å². The molecular weight excluding hydrogens is 416 g/mol. The highest BCUT2D eigenvalue weighted by Gasteiger charge is 2.36. The molecule has 3 rings (SSSR count). The number of rotatable bonds is 7. The van der Waals surface area contributed by atoms with E-state index in [2.05, 4.69) is 6.07 Å². The van der Waals surface area contributed by atoms with Crippen LogP contribution in [0.5, 0.6) is 0 Å². The van der Waals surface area contributed by atoms with Crippen molar-refractivity contribution in [3.05, 3.63) is 81.5 Å². The van der Waals surface area contributed by atoms with Crippen LogP contribution in [0.3, 0.4) is 0 Å². The zero-order chi connectivity index (χ0) is 22.4. The lowest BCUT2D eigenvalue weighted by Crippen LogP contribution is -2.40. The maximum absolute atomic E-state index is 13.2. The molecule has 2 aromatic rings. The molecule has 0 spiro atoms. The number of allylic oxidation sites excluding steroid dienone is 1. The Morgan fingerprint density at radius 2 is 1.94 bits per heavy atom. The minimum Gasteiger partial charge on any atom is -0.457 e. The minimum absolute atomic E-state index is 0.0291. The molecule has 1 amide bonds. The number of nitriles is 1. The number of carbonyl (C=O) groups excluding carboxylic acids is 2. The predicted octanol–water partition coefficient (Wildman–Crippen LogP) is 4.19. The van der Waals surface area contributed by atoms with Gasteiger partial charge in [-0.05, 0) is 30.7 Å². The van der Waals surface area contributed by atoms with Gasteiger partial charge < -0.3 is 14.4 Å². The van der Waals surface area contributed by atoms with Gasteiger partial charge in [0.25, 0.3) is 0 Å². The average molecular weight is 439 g/mol. The standard InChI is InChI=1S/C24H23ClN2O4/c1-16-23(24(29)31-15-19-6-4-3-5-18(19)14-26)21(17-7-9-20(25)10-8-17)13-22(28)27(16)11-12-30-2/h3-10,21H,11-13,15H2,1-2H3. The van der Waals surface area contributed by atoms with E-state index in [0.717, 1.165) is 5.56 Å². The van der Waals surface area contributed by atoms with Crippen LogP contribution in [0.1, 0.15) is 36.0 Å². The fourth-order valence-electron chi connectivity index (χ4n) is 3.69. The smallest absolute Gasteiger partial charge is 0.336 e. The van der Waals surface area contributed by atoms with Gasteiger partial charge in [-0.2, -0.15) is 5.26 Å². The first-order valence-electron chi connectivity index (χ1n) is 9.87. The van der Waals surface area contributed by atoms with Gasteiger partial charge in [-0.25, -0.2) is 4.79 Å². The maximum Gasteiger partial charge on any atom is 0.336 e. The number of ether oxygens (including phenoxy) is 2. The van der Waals surface area contributed by atoms with Crippen molar-refractivity contribution in [2.24, 2.45) is 0 Å². The maximum atomic E-state index is 13.2. The monoisotopic (exact) mass is 438 g/mol. The Balaban J connectivity index is 1.93. The number of methoxy groups -OCH3 is 1. The Labute approximate surface area is 186 Å². The van der Waals surface area contributed by atoms with Crippen molar-refractivity contribution in [1.82, 2.24) is 4.90 Å². The van der Waals surface area contributed by atoms with E-state index in [9.17, 15) is 14.9 Å². The van der Waals surface area contributed by atoms with Gasteiger partial charge in [0.1, 0.15) is 6.61 Å². The van der Waals surface area contributed by atoms with Crippen molar-refractivity contribution in [1.29, 1.82) is 5.26 Å². The van der Waals surface area contributed by atoms with E-state index in [1.54, 1.807) is 55.3 Å². The topological polar surface area (TPSA) is 79.6 Å². The number of nitrogens with zero attached hydrogens (tertiary/aromatic N) is 2. The molecule has 1 heterocycles. The summed E-state index contributed by atoms with van der Waals surface area (Å²) >= 11 is 6.01. The van der Waals surface area contributed by atoms with E-state index >= 15 is 0 Å². The Hall–Kier alpha value is -3.14. The summed E-state index contributed by atoms with van der Waals surface area (Å²) in [4.78, 5) is 27.6. The van der Waals surface area contributed by atoms with Crippen molar-refractivity contribution in [2.45, 2.75) is 25.9 Å². The fraction of sp³-hybridized carbons (Fsp3) is 0.292. The van der Waals surface area contributed by atoms with Gasteiger partial charge in [0.05, 0.1) is 23.8 Å². The van der Waals surface area contributed by atoms with Crippen molar-refractivity contribution in [2.75, 3.05) is 20.3 Å². The van der Waals surface area contributed by atoms with Crippen LogP contribution >= 0.6 is 11.6 Å². The van der Waals surface area contributed by atoms with Crippen LogP contribution < -0.4 is 0 Å². The zero-order valence-electron chi connectivity index (χ0n) is 17.4. The largest absolute Gasteiger partial charge is 0.457 e. The van der Waals surface area contributed by atoms with Gasteiger partial charge in [0.2, 0.25) is 5.91 Å². The van der Waals surface area contributed by atoms with E-state index in [4.69, 9.17) is 21.1 Å².